The number of carboxylic acids is 1. The summed E-state index contributed by atoms with van der Waals surface area (Å²) in [5.41, 5.74) is 0.749. The average Bonchev–Trinajstić information content (AvgIpc) is 2.87. The van der Waals surface area contributed by atoms with Crippen LogP contribution in [0.5, 0.6) is 5.75 Å². The molecule has 0 aromatic heterocycles. The topological polar surface area (TPSA) is 107 Å². The number of benzene rings is 1. The molecule has 0 spiro atoms. The maximum Gasteiger partial charge on any atom is 0.303 e. The molecular weight excluding hydrogens is 388 g/mol. The van der Waals surface area contributed by atoms with Crippen LogP contribution in [-0.4, -0.2) is 50.3 Å². The highest BCUT2D eigenvalue weighted by molar-refractivity contribution is 8.26. The summed E-state index contributed by atoms with van der Waals surface area (Å²) < 4.78 is 0.321. The Hall–Kier alpha value is -2.39. The highest BCUT2D eigenvalue weighted by atomic mass is 32.2. The molecule has 1 heterocycles. The van der Waals surface area contributed by atoms with Crippen molar-refractivity contribution in [2.75, 3.05) is 13.1 Å². The molecule has 0 saturated carbocycles. The van der Waals surface area contributed by atoms with E-state index in [4.69, 9.17) is 17.3 Å². The second-order valence-electron chi connectivity index (χ2n) is 5.91. The van der Waals surface area contributed by atoms with E-state index in [1.165, 1.54) is 17.0 Å². The van der Waals surface area contributed by atoms with Gasteiger partial charge in [-0.3, -0.25) is 19.3 Å². The molecule has 1 fully saturated rings. The number of carbonyl (C=O) groups excluding carboxylic acids is 2. The molecule has 1 aliphatic heterocycles. The number of hydrogen-bond acceptors (Lipinski definition) is 6. The summed E-state index contributed by atoms with van der Waals surface area (Å²) in [6, 6.07) is 6.41. The summed E-state index contributed by atoms with van der Waals surface area (Å²) in [6.45, 7) is 0.281. The van der Waals surface area contributed by atoms with Gasteiger partial charge in [0.2, 0.25) is 5.91 Å². The number of carbonyl (C=O) groups is 3. The van der Waals surface area contributed by atoms with Crippen molar-refractivity contribution in [3.63, 3.8) is 0 Å². The van der Waals surface area contributed by atoms with Crippen LogP contribution in [0.15, 0.2) is 29.2 Å². The molecule has 7 nitrogen and oxygen atoms in total. The zero-order valence-electron chi connectivity index (χ0n) is 14.5. The van der Waals surface area contributed by atoms with Crippen molar-refractivity contribution in [2.45, 2.75) is 25.7 Å². The van der Waals surface area contributed by atoms with Crippen LogP contribution in [0, 0.1) is 0 Å². The Morgan fingerprint density at radius 1 is 1.19 bits per heavy atom. The summed E-state index contributed by atoms with van der Waals surface area (Å²) >= 11 is 6.33. The van der Waals surface area contributed by atoms with Gasteiger partial charge in [-0.05, 0) is 36.6 Å². The Balaban J connectivity index is 1.81. The van der Waals surface area contributed by atoms with Gasteiger partial charge < -0.3 is 15.5 Å². The fraction of sp³-hybridized carbons (Fsp3) is 0.333. The fourth-order valence-electron chi connectivity index (χ4n) is 2.36. The summed E-state index contributed by atoms with van der Waals surface area (Å²) in [4.78, 5) is 36.6. The molecule has 1 saturated heterocycles. The van der Waals surface area contributed by atoms with Crippen molar-refractivity contribution in [3.8, 4) is 5.75 Å². The van der Waals surface area contributed by atoms with Gasteiger partial charge in [0.15, 0.2) is 0 Å². The molecule has 1 aliphatic rings. The number of amides is 2. The molecule has 2 rings (SSSR count). The summed E-state index contributed by atoms with van der Waals surface area (Å²) in [5, 5.41) is 20.6. The molecule has 0 radical (unpaired) electrons. The lowest BCUT2D eigenvalue weighted by molar-refractivity contribution is -0.137. The van der Waals surface area contributed by atoms with E-state index in [9.17, 15) is 19.5 Å². The Morgan fingerprint density at radius 2 is 1.89 bits per heavy atom. The number of thiocarbonyl (C=S) groups is 1. The van der Waals surface area contributed by atoms with Gasteiger partial charge in [0, 0.05) is 13.0 Å². The van der Waals surface area contributed by atoms with Gasteiger partial charge in [-0.2, -0.15) is 0 Å². The van der Waals surface area contributed by atoms with Crippen LogP contribution in [0.3, 0.4) is 0 Å². The third-order valence-electron chi connectivity index (χ3n) is 3.76. The van der Waals surface area contributed by atoms with Crippen molar-refractivity contribution in [1.29, 1.82) is 0 Å². The molecule has 0 atom stereocenters. The first kappa shape index (κ1) is 20.9. The minimum Gasteiger partial charge on any atom is -0.508 e. The minimum atomic E-state index is -0.825. The van der Waals surface area contributed by atoms with Gasteiger partial charge >= 0.3 is 5.97 Å². The Morgan fingerprint density at radius 3 is 2.56 bits per heavy atom. The van der Waals surface area contributed by atoms with Gasteiger partial charge in [0.25, 0.3) is 5.91 Å². The summed E-state index contributed by atoms with van der Waals surface area (Å²) in [7, 11) is 0. The predicted octanol–water partition coefficient (Wildman–Crippen LogP) is 2.35. The molecular formula is C18H20N2O5S2. The van der Waals surface area contributed by atoms with E-state index >= 15 is 0 Å². The quantitative estimate of drug-likeness (QED) is 0.327. The largest absolute Gasteiger partial charge is 0.508 e. The van der Waals surface area contributed by atoms with Crippen LogP contribution in [-0.2, 0) is 14.4 Å². The standard InChI is InChI=1S/C18H20N2O5S2/c21-13-7-5-12(6-8-13)10-14-17(25)20(18(26)27-14)11-15(22)19-9-3-1-2-4-16(23)24/h5-8,10,21H,1-4,9,11H2,(H,19,22)(H,23,24)/b14-10-. The van der Waals surface area contributed by atoms with E-state index in [1.54, 1.807) is 18.2 Å². The highest BCUT2D eigenvalue weighted by Gasteiger charge is 2.33. The number of rotatable bonds is 9. The van der Waals surface area contributed by atoms with Crippen molar-refractivity contribution in [3.05, 3.63) is 34.7 Å². The first-order chi connectivity index (χ1) is 12.9. The lowest BCUT2D eigenvalue weighted by atomic mass is 10.2. The van der Waals surface area contributed by atoms with Gasteiger partial charge in [-0.1, -0.05) is 42.5 Å². The van der Waals surface area contributed by atoms with Gasteiger partial charge in [0.1, 0.15) is 16.6 Å². The smallest absolute Gasteiger partial charge is 0.303 e. The maximum absolute atomic E-state index is 12.5. The SMILES string of the molecule is O=C(O)CCCCCNC(=O)CN1C(=O)/C(=C/c2ccc(O)cc2)SC1=S. The molecule has 3 N–H and O–H groups in total. The number of aliphatic carboxylic acids is 1. The van der Waals surface area contributed by atoms with Gasteiger partial charge in [-0.15, -0.1) is 0 Å². The molecule has 2 amide bonds. The van der Waals surface area contributed by atoms with Crippen molar-refractivity contribution >= 4 is 52.2 Å². The molecule has 9 heteroatoms. The normalized spacial score (nSPS) is 15.4. The first-order valence-corrected chi connectivity index (χ1v) is 9.62. The second kappa shape index (κ2) is 10.1. The Bertz CT molecular complexity index is 762. The number of nitrogens with zero attached hydrogens (tertiary/aromatic N) is 1. The van der Waals surface area contributed by atoms with Gasteiger partial charge in [-0.25, -0.2) is 0 Å². The van der Waals surface area contributed by atoms with Crippen LogP contribution in [0.1, 0.15) is 31.2 Å². The second-order valence-corrected chi connectivity index (χ2v) is 7.59. The molecule has 1 aromatic carbocycles. The van der Waals surface area contributed by atoms with E-state index in [2.05, 4.69) is 5.32 Å². The number of carboxylic acid groups (broad SMARTS) is 1. The molecule has 144 valence electrons. The molecule has 0 unspecified atom stereocenters. The molecule has 1 aromatic rings. The van der Waals surface area contributed by atoms with Crippen LogP contribution >= 0.6 is 24.0 Å². The van der Waals surface area contributed by atoms with E-state index in [1.807, 2.05) is 0 Å². The first-order valence-electron chi connectivity index (χ1n) is 8.39. The van der Waals surface area contributed by atoms with E-state index in [-0.39, 0.29) is 30.5 Å². The van der Waals surface area contributed by atoms with Crippen molar-refractivity contribution < 1.29 is 24.6 Å². The zero-order valence-corrected chi connectivity index (χ0v) is 16.1. The van der Waals surface area contributed by atoms with Gasteiger partial charge in [0.05, 0.1) is 4.91 Å². The van der Waals surface area contributed by atoms with E-state index < -0.39 is 5.97 Å². The number of phenolic OH excluding ortho intramolecular Hbond substituents is 1. The van der Waals surface area contributed by atoms with Crippen LogP contribution in [0.25, 0.3) is 6.08 Å². The van der Waals surface area contributed by atoms with Crippen molar-refractivity contribution in [2.24, 2.45) is 0 Å². The van der Waals surface area contributed by atoms with Crippen LogP contribution < -0.4 is 5.32 Å². The average molecular weight is 409 g/mol. The number of thioether (sulfide) groups is 1. The van der Waals surface area contributed by atoms with E-state index in [0.717, 1.165) is 17.3 Å². The number of aromatic hydroxyl groups is 1. The number of phenols is 1. The third-order valence-corrected chi connectivity index (χ3v) is 5.13. The number of hydrogen-bond donors (Lipinski definition) is 3. The Labute approximate surface area is 166 Å². The summed E-state index contributed by atoms with van der Waals surface area (Å²) in [5.74, 6) is -1.32. The molecule has 0 aliphatic carbocycles. The number of nitrogens with one attached hydrogen (secondary N) is 1. The Kier molecular flexibility index (Phi) is 7.81. The highest BCUT2D eigenvalue weighted by Crippen LogP contribution is 2.32. The maximum atomic E-state index is 12.5. The van der Waals surface area contributed by atoms with E-state index in [0.29, 0.717) is 35.0 Å². The fourth-order valence-corrected chi connectivity index (χ4v) is 3.62. The third kappa shape index (κ3) is 6.69. The lowest BCUT2D eigenvalue weighted by Gasteiger charge is -2.14. The summed E-state index contributed by atoms with van der Waals surface area (Å²) in [6.07, 6.45) is 3.75. The minimum absolute atomic E-state index is 0.123. The monoisotopic (exact) mass is 408 g/mol. The molecule has 27 heavy (non-hydrogen) atoms. The van der Waals surface area contributed by atoms with Crippen LogP contribution in [0.4, 0.5) is 0 Å². The number of unbranched alkanes of at least 4 members (excludes halogenated alkanes) is 2. The van der Waals surface area contributed by atoms with Crippen molar-refractivity contribution in [1.82, 2.24) is 10.2 Å². The predicted molar refractivity (Wildman–Crippen MR) is 107 cm³/mol. The lowest BCUT2D eigenvalue weighted by Crippen LogP contribution is -2.39. The zero-order chi connectivity index (χ0) is 19.8. The molecule has 0 bridgehead atoms. The van der Waals surface area contributed by atoms with Crippen LogP contribution in [0.2, 0.25) is 0 Å².